The SMILES string of the molecule is COc1nc(Cl)ccc1CCCCN. The monoisotopic (exact) mass is 214 g/mol. The lowest BCUT2D eigenvalue weighted by Crippen LogP contribution is -2.00. The molecule has 0 aliphatic heterocycles. The molecule has 1 aromatic heterocycles. The van der Waals surface area contributed by atoms with Crippen LogP contribution in [0.2, 0.25) is 5.15 Å². The van der Waals surface area contributed by atoms with Crippen LogP contribution in [0, 0.1) is 0 Å². The molecule has 0 spiro atoms. The molecule has 2 N–H and O–H groups in total. The number of pyridine rings is 1. The van der Waals surface area contributed by atoms with E-state index in [0.717, 1.165) is 31.4 Å². The average molecular weight is 215 g/mol. The molecule has 0 unspecified atom stereocenters. The first-order valence-electron chi connectivity index (χ1n) is 4.67. The summed E-state index contributed by atoms with van der Waals surface area (Å²) in [5.41, 5.74) is 6.51. The van der Waals surface area contributed by atoms with Crippen LogP contribution in [-0.2, 0) is 6.42 Å². The maximum atomic E-state index is 5.75. The highest BCUT2D eigenvalue weighted by atomic mass is 35.5. The van der Waals surface area contributed by atoms with Crippen LogP contribution in [0.5, 0.6) is 5.88 Å². The molecule has 0 saturated heterocycles. The number of unbranched alkanes of at least 4 members (excludes halogenated alkanes) is 1. The minimum atomic E-state index is 0.462. The highest BCUT2D eigenvalue weighted by Gasteiger charge is 2.04. The fourth-order valence-electron chi connectivity index (χ4n) is 1.27. The Balaban J connectivity index is 2.65. The third-order valence-corrected chi connectivity index (χ3v) is 2.21. The molecule has 0 atom stereocenters. The molecular weight excluding hydrogens is 200 g/mol. The molecule has 0 saturated carbocycles. The molecule has 14 heavy (non-hydrogen) atoms. The molecule has 0 aliphatic rings. The van der Waals surface area contributed by atoms with Crippen LogP contribution >= 0.6 is 11.6 Å². The predicted molar refractivity (Wildman–Crippen MR) is 57.8 cm³/mol. The number of ether oxygens (including phenoxy) is 1. The Morgan fingerprint density at radius 1 is 1.43 bits per heavy atom. The van der Waals surface area contributed by atoms with Gasteiger partial charge in [-0.05, 0) is 31.9 Å². The van der Waals surface area contributed by atoms with Gasteiger partial charge in [-0.3, -0.25) is 0 Å². The summed E-state index contributed by atoms with van der Waals surface area (Å²) in [7, 11) is 1.60. The van der Waals surface area contributed by atoms with Crippen molar-refractivity contribution in [2.45, 2.75) is 19.3 Å². The molecule has 0 aliphatic carbocycles. The topological polar surface area (TPSA) is 48.1 Å². The van der Waals surface area contributed by atoms with Gasteiger partial charge >= 0.3 is 0 Å². The summed E-state index contributed by atoms with van der Waals surface area (Å²) < 4.78 is 5.13. The van der Waals surface area contributed by atoms with Crippen LogP contribution in [0.3, 0.4) is 0 Å². The largest absolute Gasteiger partial charge is 0.481 e. The zero-order valence-electron chi connectivity index (χ0n) is 8.29. The number of halogens is 1. The first kappa shape index (κ1) is 11.3. The van der Waals surface area contributed by atoms with E-state index in [1.165, 1.54) is 0 Å². The van der Waals surface area contributed by atoms with Gasteiger partial charge < -0.3 is 10.5 Å². The van der Waals surface area contributed by atoms with Gasteiger partial charge in [0.1, 0.15) is 5.15 Å². The quantitative estimate of drug-likeness (QED) is 0.603. The summed E-state index contributed by atoms with van der Waals surface area (Å²) in [6.45, 7) is 0.726. The first-order chi connectivity index (χ1) is 6.77. The molecule has 1 heterocycles. The smallest absolute Gasteiger partial charge is 0.217 e. The average Bonchev–Trinajstić information content (AvgIpc) is 2.20. The summed E-state index contributed by atoms with van der Waals surface area (Å²) >= 11 is 5.75. The van der Waals surface area contributed by atoms with Crippen LogP contribution < -0.4 is 10.5 Å². The van der Waals surface area contributed by atoms with E-state index in [1.807, 2.05) is 6.07 Å². The zero-order chi connectivity index (χ0) is 10.4. The van der Waals surface area contributed by atoms with Gasteiger partial charge in [-0.15, -0.1) is 0 Å². The molecule has 0 bridgehead atoms. The lowest BCUT2D eigenvalue weighted by atomic mass is 10.1. The molecule has 1 aromatic rings. The third-order valence-electron chi connectivity index (χ3n) is 2.00. The molecular formula is C10H15ClN2O. The Hall–Kier alpha value is -0.800. The molecule has 4 heteroatoms. The van der Waals surface area contributed by atoms with Crippen molar-refractivity contribution in [1.29, 1.82) is 0 Å². The lowest BCUT2D eigenvalue weighted by Gasteiger charge is -2.06. The third kappa shape index (κ3) is 3.16. The second-order valence-electron chi connectivity index (χ2n) is 3.05. The van der Waals surface area contributed by atoms with E-state index in [1.54, 1.807) is 13.2 Å². The van der Waals surface area contributed by atoms with Gasteiger partial charge in [0.2, 0.25) is 5.88 Å². The van der Waals surface area contributed by atoms with E-state index < -0.39 is 0 Å². The number of nitrogens with two attached hydrogens (primary N) is 1. The zero-order valence-corrected chi connectivity index (χ0v) is 9.05. The highest BCUT2D eigenvalue weighted by molar-refractivity contribution is 6.29. The normalized spacial score (nSPS) is 10.2. The number of nitrogens with zero attached hydrogens (tertiary/aromatic N) is 1. The number of aromatic nitrogens is 1. The summed E-state index contributed by atoms with van der Waals surface area (Å²) in [6.07, 6.45) is 3.01. The fraction of sp³-hybridized carbons (Fsp3) is 0.500. The number of methoxy groups -OCH3 is 1. The number of hydrogen-bond acceptors (Lipinski definition) is 3. The van der Waals surface area contributed by atoms with E-state index in [4.69, 9.17) is 22.1 Å². The first-order valence-corrected chi connectivity index (χ1v) is 5.05. The molecule has 3 nitrogen and oxygen atoms in total. The van der Waals surface area contributed by atoms with Gasteiger partial charge in [-0.2, -0.15) is 0 Å². The van der Waals surface area contributed by atoms with E-state index in [9.17, 15) is 0 Å². The maximum absolute atomic E-state index is 5.75. The summed E-state index contributed by atoms with van der Waals surface area (Å²) in [5.74, 6) is 0.620. The Morgan fingerprint density at radius 2 is 2.21 bits per heavy atom. The molecule has 0 aromatic carbocycles. The van der Waals surface area contributed by atoms with Crippen molar-refractivity contribution in [2.75, 3.05) is 13.7 Å². The summed E-state index contributed by atoms with van der Waals surface area (Å²) in [4.78, 5) is 4.08. The maximum Gasteiger partial charge on any atom is 0.217 e. The standard InChI is InChI=1S/C10H15ClN2O/c1-14-10-8(4-2-3-7-12)5-6-9(11)13-10/h5-6H,2-4,7,12H2,1H3. The minimum absolute atomic E-state index is 0.462. The van der Waals surface area contributed by atoms with Crippen LogP contribution in [0.25, 0.3) is 0 Å². The van der Waals surface area contributed by atoms with Crippen LogP contribution in [0.4, 0.5) is 0 Å². The van der Waals surface area contributed by atoms with Gasteiger partial charge in [-0.1, -0.05) is 17.7 Å². The van der Waals surface area contributed by atoms with Gasteiger partial charge in [-0.25, -0.2) is 4.98 Å². The van der Waals surface area contributed by atoms with E-state index in [2.05, 4.69) is 4.98 Å². The van der Waals surface area contributed by atoms with Crippen molar-refractivity contribution in [1.82, 2.24) is 4.98 Å². The Bertz CT molecular complexity index is 291. The lowest BCUT2D eigenvalue weighted by molar-refractivity contribution is 0.392. The summed E-state index contributed by atoms with van der Waals surface area (Å²) in [5, 5.41) is 0.462. The van der Waals surface area contributed by atoms with Crippen LogP contribution in [0.1, 0.15) is 18.4 Å². The Kier molecular flexibility index (Phi) is 4.70. The van der Waals surface area contributed by atoms with Gasteiger partial charge in [0.25, 0.3) is 0 Å². The number of hydrogen-bond donors (Lipinski definition) is 1. The molecule has 78 valence electrons. The van der Waals surface area contributed by atoms with E-state index in [0.29, 0.717) is 11.0 Å². The van der Waals surface area contributed by atoms with Crippen molar-refractivity contribution >= 4 is 11.6 Å². The number of rotatable bonds is 5. The molecule has 0 amide bonds. The van der Waals surface area contributed by atoms with Crippen molar-refractivity contribution in [3.63, 3.8) is 0 Å². The van der Waals surface area contributed by atoms with E-state index in [-0.39, 0.29) is 0 Å². The highest BCUT2D eigenvalue weighted by Crippen LogP contribution is 2.20. The van der Waals surface area contributed by atoms with Gasteiger partial charge in [0.15, 0.2) is 0 Å². The summed E-state index contributed by atoms with van der Waals surface area (Å²) in [6, 6.07) is 3.73. The molecule has 0 radical (unpaired) electrons. The van der Waals surface area contributed by atoms with Crippen LogP contribution in [-0.4, -0.2) is 18.6 Å². The second-order valence-corrected chi connectivity index (χ2v) is 3.44. The molecule has 0 fully saturated rings. The minimum Gasteiger partial charge on any atom is -0.481 e. The van der Waals surface area contributed by atoms with E-state index >= 15 is 0 Å². The predicted octanol–water partition coefficient (Wildman–Crippen LogP) is 2.02. The Labute approximate surface area is 89.2 Å². The van der Waals surface area contributed by atoms with Crippen molar-refractivity contribution < 1.29 is 4.74 Å². The fourth-order valence-corrected chi connectivity index (χ4v) is 1.41. The van der Waals surface area contributed by atoms with Crippen molar-refractivity contribution in [3.05, 3.63) is 22.8 Å². The van der Waals surface area contributed by atoms with Gasteiger partial charge in [0, 0.05) is 5.56 Å². The van der Waals surface area contributed by atoms with Crippen molar-refractivity contribution in [2.24, 2.45) is 5.73 Å². The second kappa shape index (κ2) is 5.83. The van der Waals surface area contributed by atoms with Crippen molar-refractivity contribution in [3.8, 4) is 5.88 Å². The Morgan fingerprint density at radius 3 is 2.86 bits per heavy atom. The number of aryl methyl sites for hydroxylation is 1. The van der Waals surface area contributed by atoms with Crippen LogP contribution in [0.15, 0.2) is 12.1 Å². The van der Waals surface area contributed by atoms with Gasteiger partial charge in [0.05, 0.1) is 7.11 Å². The molecule has 1 rings (SSSR count).